The van der Waals surface area contributed by atoms with Crippen LogP contribution >= 0.6 is 11.5 Å². The summed E-state index contributed by atoms with van der Waals surface area (Å²) in [5, 5.41) is 7.78. The first-order valence-corrected chi connectivity index (χ1v) is 10.1. The second-order valence-electron chi connectivity index (χ2n) is 5.86. The van der Waals surface area contributed by atoms with Crippen molar-refractivity contribution < 1.29 is 21.6 Å². The summed E-state index contributed by atoms with van der Waals surface area (Å²) in [4.78, 5) is 5.78. The van der Waals surface area contributed by atoms with Crippen molar-refractivity contribution in [1.29, 1.82) is 0 Å². The van der Waals surface area contributed by atoms with E-state index in [1.54, 1.807) is 10.8 Å². The number of anilines is 2. The van der Waals surface area contributed by atoms with E-state index in [-0.39, 0.29) is 22.5 Å². The van der Waals surface area contributed by atoms with Gasteiger partial charge in [-0.05, 0) is 38.0 Å². The molecule has 2 aromatic rings. The largest absolute Gasteiger partial charge is 0.516 e. The maximum absolute atomic E-state index is 12.8. The quantitative estimate of drug-likeness (QED) is 0.731. The van der Waals surface area contributed by atoms with E-state index < -0.39 is 15.5 Å². The number of alkyl halides is 3. The molecule has 0 radical (unpaired) electrons. The van der Waals surface area contributed by atoms with E-state index in [0.29, 0.717) is 5.69 Å². The monoisotopic (exact) mass is 420 g/mol. The van der Waals surface area contributed by atoms with Crippen LogP contribution in [0.3, 0.4) is 0 Å². The van der Waals surface area contributed by atoms with Gasteiger partial charge in [0.1, 0.15) is 12.0 Å². The molecule has 1 unspecified atom stereocenters. The molecule has 0 aliphatic carbocycles. The number of hydrogen-bond acceptors (Lipinski definition) is 8. The van der Waals surface area contributed by atoms with Crippen LogP contribution in [-0.2, 0) is 10.0 Å². The smallest absolute Gasteiger partial charge is 0.369 e. The van der Waals surface area contributed by atoms with Gasteiger partial charge in [0.25, 0.3) is 0 Å². The maximum atomic E-state index is 12.8. The van der Waals surface area contributed by atoms with Gasteiger partial charge in [-0.25, -0.2) is 4.98 Å². The highest BCUT2D eigenvalue weighted by Crippen LogP contribution is 2.36. The van der Waals surface area contributed by atoms with Crippen LogP contribution in [-0.4, -0.2) is 35.9 Å². The number of nitrogens with one attached hydrogen (secondary N) is 1. The Balaban J connectivity index is 1.99. The lowest BCUT2D eigenvalue weighted by Gasteiger charge is -2.24. The van der Waals surface area contributed by atoms with E-state index >= 15 is 0 Å². The lowest BCUT2D eigenvalue weighted by Crippen LogP contribution is -2.30. The summed E-state index contributed by atoms with van der Waals surface area (Å²) >= 11 is 0.941. The topological polar surface area (TPSA) is 99.9 Å². The first-order chi connectivity index (χ1) is 12.7. The van der Waals surface area contributed by atoms with Crippen molar-refractivity contribution in [1.82, 2.24) is 9.36 Å². The van der Waals surface area contributed by atoms with Crippen molar-refractivity contribution in [2.24, 2.45) is 10.2 Å². The van der Waals surface area contributed by atoms with Gasteiger partial charge in [-0.15, -0.1) is 10.2 Å². The zero-order valence-electron chi connectivity index (χ0n) is 14.0. The fraction of sp³-hybridized carbons (Fsp3) is 0.429. The number of aromatic nitrogens is 2. The molecular weight excluding hydrogens is 405 g/mol. The highest BCUT2D eigenvalue weighted by Gasteiger charge is 2.46. The van der Waals surface area contributed by atoms with Crippen molar-refractivity contribution in [2.75, 3.05) is 16.2 Å². The summed E-state index contributed by atoms with van der Waals surface area (Å²) in [6.07, 6.45) is 3.15. The average Bonchev–Trinajstić information content (AvgIpc) is 3.23. The number of benzene rings is 1. The molecule has 1 aromatic carbocycles. The fourth-order valence-corrected chi connectivity index (χ4v) is 3.63. The molecule has 0 amide bonds. The predicted molar refractivity (Wildman–Crippen MR) is 95.2 cm³/mol. The molecule has 0 saturated carbocycles. The Morgan fingerprint density at radius 3 is 2.70 bits per heavy atom. The summed E-state index contributed by atoms with van der Waals surface area (Å²) < 4.78 is 66.8. The molecule has 27 heavy (non-hydrogen) atoms. The van der Waals surface area contributed by atoms with Gasteiger partial charge in [0.15, 0.2) is 0 Å². The highest BCUT2D eigenvalue weighted by atomic mass is 32.2. The van der Waals surface area contributed by atoms with Gasteiger partial charge in [0.05, 0.1) is 5.69 Å². The Bertz CT molecular complexity index is 931. The molecule has 0 spiro atoms. The van der Waals surface area contributed by atoms with Crippen LogP contribution in [0.5, 0.6) is 0 Å². The van der Waals surface area contributed by atoms with Crippen LogP contribution in [0.4, 0.5) is 35.4 Å². The van der Waals surface area contributed by atoms with E-state index in [9.17, 15) is 21.6 Å². The van der Waals surface area contributed by atoms with Crippen molar-refractivity contribution in [2.45, 2.75) is 31.3 Å². The molecular formula is C14H15F3N6O2S2. The lowest BCUT2D eigenvalue weighted by molar-refractivity contribution is -0.0429. The van der Waals surface area contributed by atoms with Crippen molar-refractivity contribution in [3.63, 3.8) is 0 Å². The molecule has 1 N–H and O–H groups in total. The van der Waals surface area contributed by atoms with E-state index in [1.165, 1.54) is 18.5 Å². The third kappa shape index (κ3) is 4.35. The van der Waals surface area contributed by atoms with Crippen molar-refractivity contribution >= 4 is 43.7 Å². The molecule has 0 bridgehead atoms. The van der Waals surface area contributed by atoms with Crippen LogP contribution in [0.25, 0.3) is 0 Å². The van der Waals surface area contributed by atoms with Crippen LogP contribution in [0.1, 0.15) is 19.8 Å². The van der Waals surface area contributed by atoms with E-state index in [0.717, 1.165) is 30.9 Å². The SMILES string of the molecule is CC1CCCN1c1ccc(N=Nc2ncns2)c(NS(=O)(=O)C(F)(F)F)c1. The fourth-order valence-electron chi connectivity index (χ4n) is 2.70. The second-order valence-corrected chi connectivity index (χ2v) is 8.29. The Morgan fingerprint density at radius 2 is 2.11 bits per heavy atom. The van der Waals surface area contributed by atoms with E-state index in [4.69, 9.17) is 0 Å². The number of hydrogen-bond donors (Lipinski definition) is 1. The number of sulfonamides is 1. The standard InChI is InChI=1S/C14H15F3N6O2S2/c1-9-3-2-6-23(9)10-4-5-11(20-21-13-18-8-19-26-13)12(7-10)22-27(24,25)14(15,16)17/h4-5,7-9,22H,2-3,6H2,1H3. The van der Waals surface area contributed by atoms with Gasteiger partial charge in [0, 0.05) is 29.8 Å². The van der Waals surface area contributed by atoms with Crippen molar-refractivity contribution in [3.8, 4) is 0 Å². The molecule has 146 valence electrons. The zero-order valence-corrected chi connectivity index (χ0v) is 15.6. The van der Waals surface area contributed by atoms with Gasteiger partial charge in [-0.2, -0.15) is 26.0 Å². The Kier molecular flexibility index (Phi) is 5.33. The summed E-state index contributed by atoms with van der Waals surface area (Å²) in [6.45, 7) is 2.73. The first-order valence-electron chi connectivity index (χ1n) is 7.85. The summed E-state index contributed by atoms with van der Waals surface area (Å²) in [5.74, 6) is 0. The van der Waals surface area contributed by atoms with Crippen LogP contribution in [0.15, 0.2) is 34.8 Å². The number of rotatable bonds is 5. The average molecular weight is 420 g/mol. The third-order valence-corrected chi connectivity index (χ3v) is 5.65. The summed E-state index contributed by atoms with van der Waals surface area (Å²) in [5.41, 5.74) is -5.21. The highest BCUT2D eigenvalue weighted by molar-refractivity contribution is 7.93. The molecule has 13 heteroatoms. The van der Waals surface area contributed by atoms with E-state index in [2.05, 4.69) is 19.6 Å². The minimum absolute atomic E-state index is 0.0615. The maximum Gasteiger partial charge on any atom is 0.516 e. The van der Waals surface area contributed by atoms with Crippen LogP contribution < -0.4 is 9.62 Å². The molecule has 1 aliphatic rings. The summed E-state index contributed by atoms with van der Waals surface area (Å²) in [6, 6.07) is 4.62. The molecule has 3 rings (SSSR count). The Labute approximate surface area is 157 Å². The first kappa shape index (κ1) is 19.5. The van der Waals surface area contributed by atoms with E-state index in [1.807, 2.05) is 11.8 Å². The number of azo groups is 1. The second kappa shape index (κ2) is 7.38. The van der Waals surface area contributed by atoms with Crippen LogP contribution in [0, 0.1) is 0 Å². The van der Waals surface area contributed by atoms with Crippen LogP contribution in [0.2, 0.25) is 0 Å². The molecule has 1 saturated heterocycles. The molecule has 1 atom stereocenters. The number of nitrogens with zero attached hydrogens (tertiary/aromatic N) is 5. The molecule has 1 aromatic heterocycles. The van der Waals surface area contributed by atoms with Gasteiger partial charge in [0.2, 0.25) is 5.13 Å². The van der Waals surface area contributed by atoms with Gasteiger partial charge >= 0.3 is 15.5 Å². The normalized spacial score (nSPS) is 18.4. The molecule has 1 fully saturated rings. The van der Waals surface area contributed by atoms with Gasteiger partial charge in [-0.3, -0.25) is 4.72 Å². The minimum atomic E-state index is -5.59. The molecule has 1 aliphatic heterocycles. The summed E-state index contributed by atoms with van der Waals surface area (Å²) in [7, 11) is -5.59. The Hall–Kier alpha value is -2.28. The number of halogens is 3. The third-order valence-electron chi connectivity index (χ3n) is 4.01. The predicted octanol–water partition coefficient (Wildman–Crippen LogP) is 4.20. The lowest BCUT2D eigenvalue weighted by atomic mass is 10.2. The van der Waals surface area contributed by atoms with Gasteiger partial charge in [-0.1, -0.05) is 0 Å². The zero-order chi connectivity index (χ0) is 19.7. The van der Waals surface area contributed by atoms with Crippen molar-refractivity contribution in [3.05, 3.63) is 24.5 Å². The molecule has 8 nitrogen and oxygen atoms in total. The Morgan fingerprint density at radius 1 is 1.33 bits per heavy atom. The van der Waals surface area contributed by atoms with Gasteiger partial charge < -0.3 is 4.90 Å². The molecule has 2 heterocycles. The minimum Gasteiger partial charge on any atom is -0.369 e.